The Bertz CT molecular complexity index is 582. The normalized spacial score (nSPS) is 11.9. The van der Waals surface area contributed by atoms with Gasteiger partial charge in [-0.25, -0.2) is 4.68 Å². The highest BCUT2D eigenvalue weighted by atomic mass is 15.4. The first-order chi connectivity index (χ1) is 9.31. The Hall–Kier alpha value is -1.68. The SMILES string of the molecule is Cc1cc(C(C)(C)C)cc(C)c1Cn1cc(CN)nn1. The molecular weight excluding hydrogens is 248 g/mol. The number of aryl methyl sites for hydroxylation is 2. The van der Waals surface area contributed by atoms with E-state index in [0.29, 0.717) is 6.54 Å². The van der Waals surface area contributed by atoms with Gasteiger partial charge in [-0.2, -0.15) is 0 Å². The molecule has 0 saturated heterocycles. The van der Waals surface area contributed by atoms with Crippen molar-refractivity contribution in [2.45, 2.75) is 53.1 Å². The third-order valence-electron chi connectivity index (χ3n) is 3.68. The van der Waals surface area contributed by atoms with Crippen molar-refractivity contribution >= 4 is 0 Å². The number of nitrogens with zero attached hydrogens (tertiary/aromatic N) is 3. The summed E-state index contributed by atoms with van der Waals surface area (Å²) >= 11 is 0. The van der Waals surface area contributed by atoms with Crippen LogP contribution in [0.1, 0.15) is 48.7 Å². The fraction of sp³-hybridized carbons (Fsp3) is 0.500. The second-order valence-corrected chi connectivity index (χ2v) is 6.45. The van der Waals surface area contributed by atoms with Crippen molar-refractivity contribution < 1.29 is 0 Å². The van der Waals surface area contributed by atoms with Crippen molar-refractivity contribution in [2.75, 3.05) is 0 Å². The summed E-state index contributed by atoms with van der Waals surface area (Å²) in [7, 11) is 0. The molecule has 0 spiro atoms. The van der Waals surface area contributed by atoms with E-state index >= 15 is 0 Å². The summed E-state index contributed by atoms with van der Waals surface area (Å²) in [5.74, 6) is 0. The van der Waals surface area contributed by atoms with Gasteiger partial charge in [0.1, 0.15) is 0 Å². The van der Waals surface area contributed by atoms with Gasteiger partial charge in [0, 0.05) is 6.54 Å². The topological polar surface area (TPSA) is 56.7 Å². The summed E-state index contributed by atoms with van der Waals surface area (Å²) in [6, 6.07) is 4.56. The van der Waals surface area contributed by atoms with E-state index in [2.05, 4.69) is 57.1 Å². The third kappa shape index (κ3) is 3.07. The lowest BCUT2D eigenvalue weighted by Gasteiger charge is -2.22. The number of rotatable bonds is 3. The molecule has 0 unspecified atom stereocenters. The predicted molar refractivity (Wildman–Crippen MR) is 81.6 cm³/mol. The van der Waals surface area contributed by atoms with Crippen LogP contribution in [0.3, 0.4) is 0 Å². The second kappa shape index (κ2) is 5.37. The Balaban J connectivity index is 2.33. The highest BCUT2D eigenvalue weighted by molar-refractivity contribution is 5.40. The number of nitrogens with two attached hydrogens (primary N) is 1. The average Bonchev–Trinajstić information content (AvgIpc) is 2.80. The maximum Gasteiger partial charge on any atom is 0.0962 e. The van der Waals surface area contributed by atoms with Gasteiger partial charge < -0.3 is 5.73 Å². The van der Waals surface area contributed by atoms with Gasteiger partial charge in [-0.3, -0.25) is 0 Å². The standard InChI is InChI=1S/C16H24N4/c1-11-6-13(16(3,4)5)7-12(2)15(11)10-20-9-14(8-17)18-19-20/h6-7,9H,8,10,17H2,1-5H3. The molecule has 0 bridgehead atoms. The lowest BCUT2D eigenvalue weighted by molar-refractivity contribution is 0.587. The monoisotopic (exact) mass is 272 g/mol. The molecule has 0 aliphatic heterocycles. The van der Waals surface area contributed by atoms with Crippen LogP contribution in [-0.2, 0) is 18.5 Å². The molecule has 0 aliphatic rings. The zero-order chi connectivity index (χ0) is 14.9. The Morgan fingerprint density at radius 1 is 1.15 bits per heavy atom. The molecule has 2 N–H and O–H groups in total. The van der Waals surface area contributed by atoms with Crippen molar-refractivity contribution in [2.24, 2.45) is 5.73 Å². The molecule has 20 heavy (non-hydrogen) atoms. The average molecular weight is 272 g/mol. The summed E-state index contributed by atoms with van der Waals surface area (Å²) in [4.78, 5) is 0. The van der Waals surface area contributed by atoms with Gasteiger partial charge in [0.05, 0.1) is 18.4 Å². The molecule has 2 aromatic rings. The minimum atomic E-state index is 0.175. The Kier molecular flexibility index (Phi) is 3.95. The minimum Gasteiger partial charge on any atom is -0.325 e. The summed E-state index contributed by atoms with van der Waals surface area (Å²) in [6.45, 7) is 12.2. The molecule has 1 aromatic heterocycles. The van der Waals surface area contributed by atoms with Crippen LogP contribution < -0.4 is 5.73 Å². The molecule has 1 aromatic carbocycles. The highest BCUT2D eigenvalue weighted by Gasteiger charge is 2.16. The molecule has 1 heterocycles. The largest absolute Gasteiger partial charge is 0.325 e. The van der Waals surface area contributed by atoms with E-state index in [-0.39, 0.29) is 5.41 Å². The van der Waals surface area contributed by atoms with Gasteiger partial charge in [0.15, 0.2) is 0 Å². The van der Waals surface area contributed by atoms with Gasteiger partial charge in [-0.05, 0) is 41.5 Å². The van der Waals surface area contributed by atoms with Crippen molar-refractivity contribution in [1.29, 1.82) is 0 Å². The van der Waals surface area contributed by atoms with Gasteiger partial charge in [-0.15, -0.1) is 5.10 Å². The second-order valence-electron chi connectivity index (χ2n) is 6.45. The predicted octanol–water partition coefficient (Wildman–Crippen LogP) is 2.70. The van der Waals surface area contributed by atoms with E-state index < -0.39 is 0 Å². The first-order valence-corrected chi connectivity index (χ1v) is 7.01. The molecule has 0 atom stereocenters. The maximum absolute atomic E-state index is 5.57. The van der Waals surface area contributed by atoms with Crippen molar-refractivity contribution in [3.05, 3.63) is 46.3 Å². The van der Waals surface area contributed by atoms with Crippen molar-refractivity contribution in [3.8, 4) is 0 Å². The molecule has 0 fully saturated rings. The Morgan fingerprint density at radius 3 is 2.20 bits per heavy atom. The van der Waals surface area contributed by atoms with Crippen LogP contribution in [0.15, 0.2) is 18.3 Å². The molecule has 0 saturated carbocycles. The first kappa shape index (κ1) is 14.7. The van der Waals surface area contributed by atoms with E-state index in [9.17, 15) is 0 Å². The molecule has 0 aliphatic carbocycles. The molecular formula is C16H24N4. The molecule has 108 valence electrons. The molecule has 4 nitrogen and oxygen atoms in total. The zero-order valence-electron chi connectivity index (χ0n) is 13.1. The Morgan fingerprint density at radius 2 is 1.75 bits per heavy atom. The number of hydrogen-bond acceptors (Lipinski definition) is 3. The lowest BCUT2D eigenvalue weighted by atomic mass is 9.84. The molecule has 2 rings (SSSR count). The van der Waals surface area contributed by atoms with E-state index in [4.69, 9.17) is 5.73 Å². The van der Waals surface area contributed by atoms with Crippen LogP contribution in [0.4, 0.5) is 0 Å². The van der Waals surface area contributed by atoms with Gasteiger partial charge >= 0.3 is 0 Å². The minimum absolute atomic E-state index is 0.175. The van der Waals surface area contributed by atoms with E-state index in [1.807, 2.05) is 10.9 Å². The molecule has 0 radical (unpaired) electrons. The Labute approximate surface area is 121 Å². The van der Waals surface area contributed by atoms with Crippen molar-refractivity contribution in [3.63, 3.8) is 0 Å². The van der Waals surface area contributed by atoms with Gasteiger partial charge in [0.2, 0.25) is 0 Å². The summed E-state index contributed by atoms with van der Waals surface area (Å²) < 4.78 is 1.86. The number of hydrogen-bond donors (Lipinski definition) is 1. The smallest absolute Gasteiger partial charge is 0.0962 e. The summed E-state index contributed by atoms with van der Waals surface area (Å²) in [5, 5.41) is 8.16. The van der Waals surface area contributed by atoms with Gasteiger partial charge in [0.25, 0.3) is 0 Å². The number of benzene rings is 1. The van der Waals surface area contributed by atoms with Crippen molar-refractivity contribution in [1.82, 2.24) is 15.0 Å². The van der Waals surface area contributed by atoms with E-state index in [1.54, 1.807) is 0 Å². The molecule has 0 amide bonds. The van der Waals surface area contributed by atoms with E-state index in [1.165, 1.54) is 22.3 Å². The summed E-state index contributed by atoms with van der Waals surface area (Å²) in [5.41, 5.74) is 11.9. The van der Waals surface area contributed by atoms with Crippen LogP contribution in [0.5, 0.6) is 0 Å². The highest BCUT2D eigenvalue weighted by Crippen LogP contribution is 2.27. The van der Waals surface area contributed by atoms with E-state index in [0.717, 1.165) is 12.2 Å². The lowest BCUT2D eigenvalue weighted by Crippen LogP contribution is -2.13. The zero-order valence-corrected chi connectivity index (χ0v) is 13.1. The van der Waals surface area contributed by atoms with Crippen LogP contribution >= 0.6 is 0 Å². The van der Waals surface area contributed by atoms with Crippen LogP contribution in [0, 0.1) is 13.8 Å². The van der Waals surface area contributed by atoms with Crippen LogP contribution in [-0.4, -0.2) is 15.0 Å². The van der Waals surface area contributed by atoms with Crippen LogP contribution in [0.25, 0.3) is 0 Å². The quantitative estimate of drug-likeness (QED) is 0.934. The molecule has 4 heteroatoms. The van der Waals surface area contributed by atoms with Crippen LogP contribution in [0.2, 0.25) is 0 Å². The third-order valence-corrected chi connectivity index (χ3v) is 3.68. The fourth-order valence-corrected chi connectivity index (χ4v) is 2.35. The maximum atomic E-state index is 5.57. The van der Waals surface area contributed by atoms with Gasteiger partial charge in [-0.1, -0.05) is 38.1 Å². The number of aromatic nitrogens is 3. The summed E-state index contributed by atoms with van der Waals surface area (Å²) in [6.07, 6.45) is 1.91. The fourth-order valence-electron chi connectivity index (χ4n) is 2.35. The first-order valence-electron chi connectivity index (χ1n) is 7.01.